The topological polar surface area (TPSA) is 67.7 Å². The molecule has 0 N–H and O–H groups in total. The fourth-order valence-corrected chi connectivity index (χ4v) is 4.96. The first-order valence-corrected chi connectivity index (χ1v) is 12.4. The first kappa shape index (κ1) is 23.6. The molecule has 2 aliphatic rings. The summed E-state index contributed by atoms with van der Waals surface area (Å²) in [5.74, 6) is 0.982. The molecule has 33 heavy (non-hydrogen) atoms. The van der Waals surface area contributed by atoms with E-state index in [9.17, 15) is 9.59 Å². The molecule has 1 aromatic heterocycles. The summed E-state index contributed by atoms with van der Waals surface area (Å²) < 4.78 is 8.14. The Bertz CT molecular complexity index is 914. The van der Waals surface area contributed by atoms with E-state index in [0.29, 0.717) is 43.1 Å². The smallest absolute Gasteiger partial charge is 0.223 e. The second kappa shape index (κ2) is 11.5. The highest BCUT2D eigenvalue weighted by Gasteiger charge is 2.35. The van der Waals surface area contributed by atoms with Crippen molar-refractivity contribution < 1.29 is 14.3 Å². The summed E-state index contributed by atoms with van der Waals surface area (Å²) in [5.41, 5.74) is 0. The molecule has 4 rings (SSSR count). The van der Waals surface area contributed by atoms with Crippen molar-refractivity contribution in [2.45, 2.75) is 57.6 Å². The van der Waals surface area contributed by atoms with E-state index in [0.717, 1.165) is 38.9 Å². The van der Waals surface area contributed by atoms with Gasteiger partial charge in [0.25, 0.3) is 0 Å². The van der Waals surface area contributed by atoms with Gasteiger partial charge < -0.3 is 14.5 Å². The molecule has 0 spiro atoms. The monoisotopic (exact) mass is 472 g/mol. The highest BCUT2D eigenvalue weighted by molar-refractivity contribution is 6.30. The molecule has 2 amide bonds. The van der Waals surface area contributed by atoms with Crippen molar-refractivity contribution in [1.82, 2.24) is 19.6 Å². The van der Waals surface area contributed by atoms with E-state index in [1.807, 2.05) is 44.9 Å². The van der Waals surface area contributed by atoms with Crippen LogP contribution in [0.25, 0.3) is 0 Å². The first-order valence-electron chi connectivity index (χ1n) is 12.0. The van der Waals surface area contributed by atoms with Crippen LogP contribution < -0.4 is 4.74 Å². The molecular weight excluding hydrogens is 440 g/mol. The van der Waals surface area contributed by atoms with E-state index in [1.165, 1.54) is 6.42 Å². The van der Waals surface area contributed by atoms with Crippen molar-refractivity contribution >= 4 is 23.4 Å². The van der Waals surface area contributed by atoms with E-state index in [-0.39, 0.29) is 23.8 Å². The highest BCUT2D eigenvalue weighted by atomic mass is 35.5. The molecule has 0 bridgehead atoms. The zero-order chi connectivity index (χ0) is 23.0. The summed E-state index contributed by atoms with van der Waals surface area (Å²) in [6, 6.07) is 9.26. The van der Waals surface area contributed by atoms with Crippen LogP contribution in [0.1, 0.15) is 44.9 Å². The average molecular weight is 473 g/mol. The molecule has 0 saturated carbocycles. The van der Waals surface area contributed by atoms with Gasteiger partial charge in [-0.15, -0.1) is 0 Å². The molecule has 8 heteroatoms. The number of carbonyl (C=O) groups is 2. The van der Waals surface area contributed by atoms with Gasteiger partial charge in [0.15, 0.2) is 0 Å². The second-order valence-corrected chi connectivity index (χ2v) is 9.46. The summed E-state index contributed by atoms with van der Waals surface area (Å²) in [5, 5.41) is 4.82. The van der Waals surface area contributed by atoms with E-state index in [1.54, 1.807) is 12.3 Å². The van der Waals surface area contributed by atoms with Crippen LogP contribution >= 0.6 is 11.6 Å². The van der Waals surface area contributed by atoms with Crippen LogP contribution in [0.3, 0.4) is 0 Å². The van der Waals surface area contributed by atoms with Gasteiger partial charge in [0, 0.05) is 75.3 Å². The van der Waals surface area contributed by atoms with Crippen LogP contribution in [0.5, 0.6) is 5.75 Å². The predicted molar refractivity (Wildman–Crippen MR) is 127 cm³/mol. The quantitative estimate of drug-likeness (QED) is 0.582. The van der Waals surface area contributed by atoms with Crippen molar-refractivity contribution in [1.29, 1.82) is 0 Å². The second-order valence-electron chi connectivity index (χ2n) is 9.02. The lowest BCUT2D eigenvalue weighted by Gasteiger charge is -2.39. The number of ether oxygens (including phenoxy) is 1. The van der Waals surface area contributed by atoms with Gasteiger partial charge in [-0.05, 0) is 49.9 Å². The third-order valence-corrected chi connectivity index (χ3v) is 6.82. The summed E-state index contributed by atoms with van der Waals surface area (Å²) in [7, 11) is 0. The third kappa shape index (κ3) is 6.73. The number of likely N-dealkylation sites (tertiary alicyclic amines) is 2. The van der Waals surface area contributed by atoms with Crippen molar-refractivity contribution in [2.24, 2.45) is 5.92 Å². The molecule has 2 aliphatic heterocycles. The van der Waals surface area contributed by atoms with Gasteiger partial charge in [-0.1, -0.05) is 17.7 Å². The Labute approximate surface area is 200 Å². The maximum atomic E-state index is 13.0. The molecule has 7 nitrogen and oxygen atoms in total. The average Bonchev–Trinajstić information content (AvgIpc) is 3.34. The number of halogens is 1. The standard InChI is InChI=1S/C25H33ClN4O3/c26-21-7-4-8-22(18-21)33-23-10-16-29(24(31)9-5-14-30-15-6-11-27-30)19-20(23)17-25(32)28-12-2-1-3-13-28/h4,6-8,11,15,18,20,23H,1-3,5,9-10,12-14,16-17,19H2/t20-,23-/m0/s1. The first-order chi connectivity index (χ1) is 16.1. The lowest BCUT2D eigenvalue weighted by molar-refractivity contribution is -0.139. The van der Waals surface area contributed by atoms with Gasteiger partial charge in [-0.2, -0.15) is 5.10 Å². The van der Waals surface area contributed by atoms with Gasteiger partial charge in [-0.25, -0.2) is 0 Å². The molecule has 0 radical (unpaired) electrons. The summed E-state index contributed by atoms with van der Waals surface area (Å²) in [6.07, 6.45) is 9.20. The van der Waals surface area contributed by atoms with E-state index in [2.05, 4.69) is 5.10 Å². The Hall–Kier alpha value is -2.54. The summed E-state index contributed by atoms with van der Waals surface area (Å²) in [6.45, 7) is 3.58. The van der Waals surface area contributed by atoms with Crippen LogP contribution in [-0.2, 0) is 16.1 Å². The molecule has 3 heterocycles. The lowest BCUT2D eigenvalue weighted by atomic mass is 9.90. The zero-order valence-corrected chi connectivity index (χ0v) is 19.8. The normalized spacial score (nSPS) is 21.1. The maximum Gasteiger partial charge on any atom is 0.223 e. The van der Waals surface area contributed by atoms with Crippen LogP contribution in [0.4, 0.5) is 0 Å². The van der Waals surface area contributed by atoms with Gasteiger partial charge in [-0.3, -0.25) is 14.3 Å². The summed E-state index contributed by atoms with van der Waals surface area (Å²) in [4.78, 5) is 29.8. The maximum absolute atomic E-state index is 13.0. The number of piperidine rings is 2. The Morgan fingerprint density at radius 1 is 1.06 bits per heavy atom. The minimum atomic E-state index is -0.120. The minimum absolute atomic E-state index is 0.0396. The van der Waals surface area contributed by atoms with Gasteiger partial charge >= 0.3 is 0 Å². The molecule has 0 unspecified atom stereocenters. The third-order valence-electron chi connectivity index (χ3n) is 6.58. The minimum Gasteiger partial charge on any atom is -0.490 e. The Balaban J connectivity index is 1.38. The number of aromatic nitrogens is 2. The largest absolute Gasteiger partial charge is 0.490 e. The molecule has 2 fully saturated rings. The molecule has 2 aromatic rings. The molecular formula is C25H33ClN4O3. The number of carbonyl (C=O) groups excluding carboxylic acids is 2. The van der Waals surface area contributed by atoms with Crippen LogP contribution in [0, 0.1) is 5.92 Å². The number of nitrogens with zero attached hydrogens (tertiary/aromatic N) is 4. The molecule has 178 valence electrons. The van der Waals surface area contributed by atoms with Crippen molar-refractivity contribution in [3.63, 3.8) is 0 Å². The Morgan fingerprint density at radius 2 is 1.91 bits per heavy atom. The zero-order valence-electron chi connectivity index (χ0n) is 19.1. The number of benzene rings is 1. The number of hydrogen-bond donors (Lipinski definition) is 0. The van der Waals surface area contributed by atoms with Crippen molar-refractivity contribution in [3.8, 4) is 5.75 Å². The van der Waals surface area contributed by atoms with Gasteiger partial charge in [0.1, 0.15) is 11.9 Å². The lowest BCUT2D eigenvalue weighted by Crippen LogP contribution is -2.49. The fraction of sp³-hybridized carbons (Fsp3) is 0.560. The fourth-order valence-electron chi connectivity index (χ4n) is 4.78. The molecule has 1 aromatic carbocycles. The number of aryl methyl sites for hydroxylation is 1. The Morgan fingerprint density at radius 3 is 2.67 bits per heavy atom. The van der Waals surface area contributed by atoms with Gasteiger partial charge in [0.05, 0.1) is 0 Å². The van der Waals surface area contributed by atoms with Crippen molar-refractivity contribution in [3.05, 3.63) is 47.7 Å². The van der Waals surface area contributed by atoms with Crippen molar-refractivity contribution in [2.75, 3.05) is 26.2 Å². The Kier molecular flexibility index (Phi) is 8.26. The van der Waals surface area contributed by atoms with Gasteiger partial charge in [0.2, 0.25) is 11.8 Å². The van der Waals surface area contributed by atoms with E-state index < -0.39 is 0 Å². The van der Waals surface area contributed by atoms with E-state index >= 15 is 0 Å². The number of amides is 2. The molecule has 2 saturated heterocycles. The predicted octanol–water partition coefficient (Wildman–Crippen LogP) is 4.02. The molecule has 0 aliphatic carbocycles. The summed E-state index contributed by atoms with van der Waals surface area (Å²) >= 11 is 6.14. The number of rotatable bonds is 8. The van der Waals surface area contributed by atoms with Crippen LogP contribution in [0.15, 0.2) is 42.7 Å². The van der Waals surface area contributed by atoms with Crippen LogP contribution in [-0.4, -0.2) is 63.7 Å². The highest BCUT2D eigenvalue weighted by Crippen LogP contribution is 2.28. The molecule has 2 atom stereocenters. The number of hydrogen-bond acceptors (Lipinski definition) is 4. The SMILES string of the molecule is O=C(C[C@H]1CN(C(=O)CCCn2cccn2)CC[C@@H]1Oc1cccc(Cl)c1)N1CCCCC1. The van der Waals surface area contributed by atoms with Crippen LogP contribution in [0.2, 0.25) is 5.02 Å². The van der Waals surface area contributed by atoms with E-state index in [4.69, 9.17) is 16.3 Å².